The molecule has 1 aromatic rings. The van der Waals surface area contributed by atoms with Crippen molar-refractivity contribution in [2.75, 3.05) is 18.2 Å². The Hall–Kier alpha value is -1.88. The van der Waals surface area contributed by atoms with Gasteiger partial charge in [-0.3, -0.25) is 14.6 Å². The van der Waals surface area contributed by atoms with Crippen molar-refractivity contribution in [3.05, 3.63) is 28.8 Å². The van der Waals surface area contributed by atoms with Crippen molar-refractivity contribution < 1.29 is 14.3 Å². The zero-order valence-corrected chi connectivity index (χ0v) is 14.6. The van der Waals surface area contributed by atoms with Gasteiger partial charge in [0.25, 0.3) is 0 Å². The minimum Gasteiger partial charge on any atom is -0.465 e. The number of anilines is 1. The molecule has 0 aromatic heterocycles. The van der Waals surface area contributed by atoms with Crippen molar-refractivity contribution in [1.29, 1.82) is 0 Å². The molecule has 0 saturated heterocycles. The van der Waals surface area contributed by atoms with Gasteiger partial charge in [0.15, 0.2) is 5.78 Å². The highest BCUT2D eigenvalue weighted by molar-refractivity contribution is 6.43. The van der Waals surface area contributed by atoms with Crippen LogP contribution in [0.25, 0.3) is 0 Å². The van der Waals surface area contributed by atoms with Crippen molar-refractivity contribution in [2.24, 2.45) is 16.9 Å². The summed E-state index contributed by atoms with van der Waals surface area (Å²) in [6, 6.07) is 5.47. The molecule has 0 radical (unpaired) electrons. The van der Waals surface area contributed by atoms with E-state index in [-0.39, 0.29) is 24.0 Å². The van der Waals surface area contributed by atoms with Crippen molar-refractivity contribution >= 4 is 34.8 Å². The molecule has 0 fully saturated rings. The first kappa shape index (κ1) is 17.5. The fourth-order valence-electron chi connectivity index (χ4n) is 2.38. The van der Waals surface area contributed by atoms with Gasteiger partial charge >= 0.3 is 5.97 Å². The molecule has 23 heavy (non-hydrogen) atoms. The molecule has 0 amide bonds. The molecular formula is C17H21ClN2O3. The number of benzene rings is 1. The van der Waals surface area contributed by atoms with Gasteiger partial charge in [-0.15, -0.1) is 0 Å². The van der Waals surface area contributed by atoms with Gasteiger partial charge < -0.3 is 4.74 Å². The maximum atomic E-state index is 12.3. The lowest BCUT2D eigenvalue weighted by Crippen LogP contribution is -2.32. The van der Waals surface area contributed by atoms with Crippen LogP contribution in [0.1, 0.15) is 26.3 Å². The predicted octanol–water partition coefficient (Wildman–Crippen LogP) is 3.23. The first-order chi connectivity index (χ1) is 10.8. The highest BCUT2D eigenvalue weighted by atomic mass is 35.5. The number of Topliss-reactive ketones (excluding diaryl/α,β-unsaturated/α-hetero) is 1. The molecule has 124 valence electrons. The number of hydrogen-bond donors (Lipinski definition) is 0. The Bertz CT molecular complexity index is 655. The molecule has 0 N–H and O–H groups in total. The first-order valence-corrected chi connectivity index (χ1v) is 7.97. The van der Waals surface area contributed by atoms with E-state index in [1.165, 1.54) is 6.92 Å². The fourth-order valence-corrected chi connectivity index (χ4v) is 2.55. The summed E-state index contributed by atoms with van der Waals surface area (Å²) < 4.78 is 5.28. The first-order valence-electron chi connectivity index (χ1n) is 7.60. The summed E-state index contributed by atoms with van der Waals surface area (Å²) in [5, 5.41) is 6.60. The summed E-state index contributed by atoms with van der Waals surface area (Å²) in [4.78, 5) is 24.1. The number of rotatable bonds is 5. The zero-order chi connectivity index (χ0) is 17.1. The number of ketones is 1. The average Bonchev–Trinajstić information content (AvgIpc) is 2.93. The largest absolute Gasteiger partial charge is 0.465 e. The molecule has 1 aromatic carbocycles. The van der Waals surface area contributed by atoms with Crippen LogP contribution in [0.15, 0.2) is 23.3 Å². The Balaban J connectivity index is 2.25. The van der Waals surface area contributed by atoms with Crippen LogP contribution in [0, 0.1) is 18.8 Å². The number of halogens is 1. The Labute approximate surface area is 141 Å². The average molecular weight is 337 g/mol. The Morgan fingerprint density at radius 3 is 2.74 bits per heavy atom. The molecule has 2 rings (SSSR count). The summed E-state index contributed by atoms with van der Waals surface area (Å²) in [6.45, 7) is 7.83. The molecule has 0 bridgehead atoms. The van der Waals surface area contributed by atoms with E-state index in [9.17, 15) is 9.59 Å². The van der Waals surface area contributed by atoms with Crippen LogP contribution >= 0.6 is 11.6 Å². The predicted molar refractivity (Wildman–Crippen MR) is 90.9 cm³/mol. The Kier molecular flexibility index (Phi) is 5.42. The number of nitrogens with zero attached hydrogens (tertiary/aromatic N) is 2. The van der Waals surface area contributed by atoms with Gasteiger partial charge in [-0.2, -0.15) is 5.10 Å². The summed E-state index contributed by atoms with van der Waals surface area (Å²) in [7, 11) is 0. The second-order valence-electron chi connectivity index (χ2n) is 6.08. The van der Waals surface area contributed by atoms with Crippen molar-refractivity contribution in [3.63, 3.8) is 0 Å². The SMILES string of the molecule is CC(=O)C1=NN(c2cccc(Cl)c2C)C[C@@H]1C(=O)OCC(C)C. The van der Waals surface area contributed by atoms with Gasteiger partial charge in [0.05, 0.1) is 18.8 Å². The second kappa shape index (κ2) is 7.13. The smallest absolute Gasteiger partial charge is 0.317 e. The number of ether oxygens (including phenoxy) is 1. The van der Waals surface area contributed by atoms with E-state index in [0.29, 0.717) is 11.6 Å². The van der Waals surface area contributed by atoms with Crippen LogP contribution in [-0.4, -0.2) is 30.6 Å². The molecule has 5 nitrogen and oxygen atoms in total. The van der Waals surface area contributed by atoms with Gasteiger partial charge in [-0.25, -0.2) is 0 Å². The summed E-state index contributed by atoms with van der Waals surface area (Å²) >= 11 is 6.14. The van der Waals surface area contributed by atoms with E-state index in [1.54, 1.807) is 11.1 Å². The quantitative estimate of drug-likeness (QED) is 0.774. The summed E-state index contributed by atoms with van der Waals surface area (Å²) in [5.74, 6) is -1.05. The van der Waals surface area contributed by atoms with E-state index in [4.69, 9.17) is 16.3 Å². The van der Waals surface area contributed by atoms with Gasteiger partial charge in [-0.05, 0) is 30.5 Å². The van der Waals surface area contributed by atoms with Crippen molar-refractivity contribution in [3.8, 4) is 0 Å². The third kappa shape index (κ3) is 3.91. The normalized spacial score (nSPS) is 17.4. The maximum Gasteiger partial charge on any atom is 0.317 e. The van der Waals surface area contributed by atoms with Crippen molar-refractivity contribution in [1.82, 2.24) is 0 Å². The van der Waals surface area contributed by atoms with Crippen molar-refractivity contribution in [2.45, 2.75) is 27.7 Å². The van der Waals surface area contributed by atoms with E-state index >= 15 is 0 Å². The fraction of sp³-hybridized carbons (Fsp3) is 0.471. The monoisotopic (exact) mass is 336 g/mol. The lowest BCUT2D eigenvalue weighted by molar-refractivity contribution is -0.147. The standard InChI is InChI=1S/C17H21ClN2O3/c1-10(2)9-23-17(22)13-8-20(19-16(13)12(4)21)15-7-5-6-14(18)11(15)3/h5-7,10,13H,8-9H2,1-4H3/t13-/m0/s1. The molecule has 0 spiro atoms. The second-order valence-corrected chi connectivity index (χ2v) is 6.49. The van der Waals surface area contributed by atoms with Gasteiger partial charge in [0.2, 0.25) is 0 Å². The number of esters is 1. The van der Waals surface area contributed by atoms with Gasteiger partial charge in [0.1, 0.15) is 11.6 Å². The molecule has 6 heteroatoms. The molecule has 1 aliphatic rings. The summed E-state index contributed by atoms with van der Waals surface area (Å²) in [6.07, 6.45) is 0. The highest BCUT2D eigenvalue weighted by Crippen LogP contribution is 2.30. The Morgan fingerprint density at radius 2 is 2.13 bits per heavy atom. The van der Waals surface area contributed by atoms with E-state index in [2.05, 4.69) is 5.10 Å². The molecule has 1 atom stereocenters. The number of hydrogen-bond acceptors (Lipinski definition) is 5. The lowest BCUT2D eigenvalue weighted by atomic mass is 10.0. The van der Waals surface area contributed by atoms with E-state index in [1.807, 2.05) is 32.9 Å². The van der Waals surface area contributed by atoms with Crippen LogP contribution in [0.4, 0.5) is 5.69 Å². The number of carbonyl (C=O) groups excluding carboxylic acids is 2. The molecule has 0 aliphatic carbocycles. The van der Waals surface area contributed by atoms with Gasteiger partial charge in [0, 0.05) is 11.9 Å². The third-order valence-corrected chi connectivity index (χ3v) is 4.04. The zero-order valence-electron chi connectivity index (χ0n) is 13.8. The van der Waals surface area contributed by atoms with Crippen LogP contribution in [0.2, 0.25) is 5.02 Å². The molecule has 0 unspecified atom stereocenters. The third-order valence-electron chi connectivity index (χ3n) is 3.64. The summed E-state index contributed by atoms with van der Waals surface area (Å²) in [5.41, 5.74) is 1.88. The highest BCUT2D eigenvalue weighted by Gasteiger charge is 2.37. The van der Waals surface area contributed by atoms with Crippen LogP contribution in [0.3, 0.4) is 0 Å². The molecular weight excluding hydrogens is 316 g/mol. The van der Waals surface area contributed by atoms with Crippen LogP contribution in [-0.2, 0) is 14.3 Å². The van der Waals surface area contributed by atoms with Crippen LogP contribution in [0.5, 0.6) is 0 Å². The van der Waals surface area contributed by atoms with Crippen LogP contribution < -0.4 is 5.01 Å². The number of hydrazone groups is 1. The Morgan fingerprint density at radius 1 is 1.43 bits per heavy atom. The minimum atomic E-state index is -0.662. The molecule has 1 heterocycles. The lowest BCUT2D eigenvalue weighted by Gasteiger charge is -2.18. The van der Waals surface area contributed by atoms with Gasteiger partial charge in [-0.1, -0.05) is 31.5 Å². The minimum absolute atomic E-state index is 0.223. The molecule has 1 aliphatic heterocycles. The van der Waals surface area contributed by atoms with E-state index < -0.39 is 11.9 Å². The molecule has 0 saturated carbocycles. The maximum absolute atomic E-state index is 12.3. The topological polar surface area (TPSA) is 59.0 Å². The number of carbonyl (C=O) groups is 2. The van der Waals surface area contributed by atoms with E-state index in [0.717, 1.165) is 11.3 Å².